The second-order valence-corrected chi connectivity index (χ2v) is 5.12. The minimum Gasteiger partial charge on any atom is -0.395 e. The Morgan fingerprint density at radius 3 is 2.78 bits per heavy atom. The smallest absolute Gasteiger partial charge is 0.141 e. The fourth-order valence-electron chi connectivity index (χ4n) is 2.30. The molecule has 0 saturated carbocycles. The standard InChI is InChI=1S/C13H19N3OS/c1-3-10(4-2)16(6-7-17)12-11-5-8-18-13(11)15-9-14-12/h5,8-10,17H,3-4,6-7H2,1-2H3. The van der Waals surface area contributed by atoms with Crippen molar-refractivity contribution in [1.82, 2.24) is 9.97 Å². The zero-order chi connectivity index (χ0) is 13.0. The molecule has 0 aromatic carbocycles. The van der Waals surface area contributed by atoms with E-state index in [4.69, 9.17) is 0 Å². The molecule has 2 heterocycles. The highest BCUT2D eigenvalue weighted by Gasteiger charge is 2.19. The van der Waals surface area contributed by atoms with E-state index in [1.165, 1.54) is 0 Å². The summed E-state index contributed by atoms with van der Waals surface area (Å²) in [7, 11) is 0. The number of hydrogen-bond donors (Lipinski definition) is 1. The van der Waals surface area contributed by atoms with Crippen molar-refractivity contribution in [2.45, 2.75) is 32.7 Å². The molecule has 0 aliphatic carbocycles. The average molecular weight is 265 g/mol. The Labute approximate surface area is 111 Å². The normalized spacial score (nSPS) is 11.3. The highest BCUT2D eigenvalue weighted by atomic mass is 32.1. The number of rotatable bonds is 6. The van der Waals surface area contributed by atoms with Gasteiger partial charge in [-0.15, -0.1) is 11.3 Å². The number of aromatic nitrogens is 2. The van der Waals surface area contributed by atoms with Crippen LogP contribution >= 0.6 is 11.3 Å². The van der Waals surface area contributed by atoms with E-state index < -0.39 is 0 Å². The van der Waals surface area contributed by atoms with Gasteiger partial charge < -0.3 is 10.0 Å². The molecule has 0 aliphatic rings. The first-order chi connectivity index (χ1) is 8.81. The van der Waals surface area contributed by atoms with Crippen molar-refractivity contribution in [2.75, 3.05) is 18.1 Å². The van der Waals surface area contributed by atoms with Gasteiger partial charge in [0.25, 0.3) is 0 Å². The van der Waals surface area contributed by atoms with E-state index in [0.717, 1.165) is 28.9 Å². The predicted octanol–water partition coefficient (Wildman–Crippen LogP) is 2.68. The van der Waals surface area contributed by atoms with E-state index in [-0.39, 0.29) is 6.61 Å². The van der Waals surface area contributed by atoms with Gasteiger partial charge in [-0.2, -0.15) is 0 Å². The number of fused-ring (bicyclic) bond motifs is 1. The minimum absolute atomic E-state index is 0.145. The van der Waals surface area contributed by atoms with Crippen LogP contribution in [0.3, 0.4) is 0 Å². The van der Waals surface area contributed by atoms with Gasteiger partial charge in [0.1, 0.15) is 17.0 Å². The summed E-state index contributed by atoms with van der Waals surface area (Å²) in [5, 5.41) is 12.4. The van der Waals surface area contributed by atoms with E-state index >= 15 is 0 Å². The maximum atomic E-state index is 9.28. The lowest BCUT2D eigenvalue weighted by atomic mass is 10.1. The molecule has 5 heteroatoms. The third-order valence-electron chi connectivity index (χ3n) is 3.24. The monoisotopic (exact) mass is 265 g/mol. The Kier molecular flexibility index (Phi) is 4.49. The molecule has 0 saturated heterocycles. The second-order valence-electron chi connectivity index (χ2n) is 4.22. The molecule has 98 valence electrons. The molecule has 0 atom stereocenters. The molecule has 4 nitrogen and oxygen atoms in total. The van der Waals surface area contributed by atoms with Crippen molar-refractivity contribution < 1.29 is 5.11 Å². The van der Waals surface area contributed by atoms with Gasteiger partial charge in [-0.3, -0.25) is 0 Å². The Bertz CT molecular complexity index is 496. The fraction of sp³-hybridized carbons (Fsp3) is 0.538. The van der Waals surface area contributed by atoms with Gasteiger partial charge in [0.15, 0.2) is 0 Å². The first-order valence-electron chi connectivity index (χ1n) is 6.37. The molecule has 0 radical (unpaired) electrons. The maximum Gasteiger partial charge on any atom is 0.141 e. The summed E-state index contributed by atoms with van der Waals surface area (Å²) in [6.07, 6.45) is 3.71. The summed E-state index contributed by atoms with van der Waals surface area (Å²) in [5.74, 6) is 0.948. The predicted molar refractivity (Wildman–Crippen MR) is 76.2 cm³/mol. The summed E-state index contributed by atoms with van der Waals surface area (Å²) < 4.78 is 0. The Hall–Kier alpha value is -1.20. The molecule has 0 fully saturated rings. The number of anilines is 1. The Morgan fingerprint density at radius 2 is 2.11 bits per heavy atom. The van der Waals surface area contributed by atoms with Crippen LogP contribution in [0.5, 0.6) is 0 Å². The first kappa shape index (κ1) is 13.2. The van der Waals surface area contributed by atoms with E-state index in [1.807, 2.05) is 5.38 Å². The Morgan fingerprint density at radius 1 is 1.33 bits per heavy atom. The third-order valence-corrected chi connectivity index (χ3v) is 4.06. The van der Waals surface area contributed by atoms with E-state index in [1.54, 1.807) is 17.7 Å². The summed E-state index contributed by atoms with van der Waals surface area (Å²) in [4.78, 5) is 11.9. The Balaban J connectivity index is 2.43. The molecule has 0 unspecified atom stereocenters. The number of nitrogens with zero attached hydrogens (tertiary/aromatic N) is 3. The molecular weight excluding hydrogens is 246 g/mol. The van der Waals surface area contributed by atoms with E-state index in [2.05, 4.69) is 34.8 Å². The lowest BCUT2D eigenvalue weighted by Gasteiger charge is -2.31. The molecule has 0 aliphatic heterocycles. The van der Waals surface area contributed by atoms with Crippen LogP contribution in [0.25, 0.3) is 10.2 Å². The topological polar surface area (TPSA) is 49.2 Å². The lowest BCUT2D eigenvalue weighted by Crippen LogP contribution is -2.37. The maximum absolute atomic E-state index is 9.28. The molecule has 2 aromatic heterocycles. The third kappa shape index (κ3) is 2.47. The molecule has 1 N–H and O–H groups in total. The average Bonchev–Trinajstić information content (AvgIpc) is 2.87. The number of aliphatic hydroxyl groups excluding tert-OH is 1. The molecule has 2 rings (SSSR count). The van der Waals surface area contributed by atoms with Crippen molar-refractivity contribution in [3.8, 4) is 0 Å². The lowest BCUT2D eigenvalue weighted by molar-refractivity contribution is 0.295. The van der Waals surface area contributed by atoms with Gasteiger partial charge in [-0.05, 0) is 24.3 Å². The van der Waals surface area contributed by atoms with Gasteiger partial charge in [-0.25, -0.2) is 9.97 Å². The van der Waals surface area contributed by atoms with Gasteiger partial charge in [0, 0.05) is 12.6 Å². The van der Waals surface area contributed by atoms with E-state index in [9.17, 15) is 5.11 Å². The fourth-order valence-corrected chi connectivity index (χ4v) is 3.03. The SMILES string of the molecule is CCC(CC)N(CCO)c1ncnc2sccc12. The van der Waals surface area contributed by atoms with Crippen LogP contribution in [0.15, 0.2) is 17.8 Å². The van der Waals surface area contributed by atoms with Crippen LogP contribution in [0.2, 0.25) is 0 Å². The van der Waals surface area contributed by atoms with Crippen molar-refractivity contribution in [1.29, 1.82) is 0 Å². The van der Waals surface area contributed by atoms with Gasteiger partial charge in [0.2, 0.25) is 0 Å². The van der Waals surface area contributed by atoms with Crippen molar-refractivity contribution in [3.63, 3.8) is 0 Å². The number of aliphatic hydroxyl groups is 1. The quantitative estimate of drug-likeness (QED) is 0.872. The highest BCUT2D eigenvalue weighted by Crippen LogP contribution is 2.28. The largest absolute Gasteiger partial charge is 0.395 e. The molecular formula is C13H19N3OS. The zero-order valence-corrected chi connectivity index (χ0v) is 11.7. The number of thiophene rings is 1. The molecule has 0 amide bonds. The first-order valence-corrected chi connectivity index (χ1v) is 7.25. The van der Waals surface area contributed by atoms with Crippen molar-refractivity contribution >= 4 is 27.4 Å². The zero-order valence-electron chi connectivity index (χ0n) is 10.8. The van der Waals surface area contributed by atoms with Crippen LogP contribution in [-0.2, 0) is 0 Å². The van der Waals surface area contributed by atoms with Crippen LogP contribution in [-0.4, -0.2) is 34.3 Å². The summed E-state index contributed by atoms with van der Waals surface area (Å²) >= 11 is 1.62. The summed E-state index contributed by atoms with van der Waals surface area (Å²) in [5.41, 5.74) is 0. The van der Waals surface area contributed by atoms with Gasteiger partial charge in [-0.1, -0.05) is 13.8 Å². The highest BCUT2D eigenvalue weighted by molar-refractivity contribution is 7.16. The molecule has 0 bridgehead atoms. The van der Waals surface area contributed by atoms with Crippen molar-refractivity contribution in [2.24, 2.45) is 0 Å². The van der Waals surface area contributed by atoms with Crippen molar-refractivity contribution in [3.05, 3.63) is 17.8 Å². The molecule has 2 aromatic rings. The number of hydrogen-bond acceptors (Lipinski definition) is 5. The summed E-state index contributed by atoms with van der Waals surface area (Å²) in [6.45, 7) is 5.11. The van der Waals surface area contributed by atoms with Gasteiger partial charge in [0.05, 0.1) is 12.0 Å². The molecule has 0 spiro atoms. The van der Waals surface area contributed by atoms with Crippen LogP contribution in [0, 0.1) is 0 Å². The second kappa shape index (κ2) is 6.11. The van der Waals surface area contributed by atoms with Gasteiger partial charge >= 0.3 is 0 Å². The molecule has 18 heavy (non-hydrogen) atoms. The summed E-state index contributed by atoms with van der Waals surface area (Å²) in [6, 6.07) is 2.47. The minimum atomic E-state index is 0.145. The van der Waals surface area contributed by atoms with E-state index in [0.29, 0.717) is 12.6 Å². The van der Waals surface area contributed by atoms with Crippen LogP contribution in [0.1, 0.15) is 26.7 Å². The van der Waals surface area contributed by atoms with Crippen LogP contribution < -0.4 is 4.90 Å². The van der Waals surface area contributed by atoms with Crippen LogP contribution in [0.4, 0.5) is 5.82 Å².